The van der Waals surface area contributed by atoms with Crippen molar-refractivity contribution in [2.45, 2.75) is 18.4 Å². The monoisotopic (exact) mass is 584 g/mol. The van der Waals surface area contributed by atoms with E-state index in [4.69, 9.17) is 4.74 Å². The number of rotatable bonds is 3. The predicted octanol–water partition coefficient (Wildman–Crippen LogP) is 3.78. The number of halogens is 3. The molecule has 0 radical (unpaired) electrons. The molecule has 1 unspecified atom stereocenters. The van der Waals surface area contributed by atoms with Crippen LogP contribution in [0.2, 0.25) is 0 Å². The summed E-state index contributed by atoms with van der Waals surface area (Å²) in [6.45, 7) is 0.583. The first kappa shape index (κ1) is 24.2. The van der Waals surface area contributed by atoms with Crippen molar-refractivity contribution >= 4 is 55.4 Å². The molecule has 2 aliphatic rings. The minimum absolute atomic E-state index is 0.0998. The lowest BCUT2D eigenvalue weighted by Gasteiger charge is -2.38. The van der Waals surface area contributed by atoms with Crippen LogP contribution in [0.15, 0.2) is 34.9 Å². The second-order valence-corrected chi connectivity index (χ2v) is 9.98. The molecule has 38 heavy (non-hydrogen) atoms. The Labute approximate surface area is 222 Å². The average molecular weight is 585 g/mol. The molecule has 2 aromatic carbocycles. The molecule has 0 saturated carbocycles. The van der Waals surface area contributed by atoms with Crippen LogP contribution in [0.25, 0.3) is 32.9 Å². The number of ether oxygens (including phenoxy) is 1. The Morgan fingerprint density at radius 3 is 2.76 bits per heavy atom. The van der Waals surface area contributed by atoms with Gasteiger partial charge in [-0.2, -0.15) is 9.97 Å². The van der Waals surface area contributed by atoms with Crippen molar-refractivity contribution < 1.29 is 28.2 Å². The van der Waals surface area contributed by atoms with Crippen LogP contribution < -0.4 is 20.3 Å². The number of carbonyl (C=O) groups excluding carboxylic acids is 2. The first-order chi connectivity index (χ1) is 18.2. The van der Waals surface area contributed by atoms with Crippen LogP contribution >= 0.6 is 15.9 Å². The standard InChI is InChI=1S/C25H19BrF2N6O4/c1-38-24-30-20-14(21(31-24)34-6-2-5-25(10-34)22(36)32-23(37)33-25)9-29-19(18(20)28)13-8-12(35)7-11-3-4-15(27)17(26)16(11)13/h3-4,7-9,35H,2,5-6,10H2,1H3,(H2,32,33,36,37). The first-order valence-corrected chi connectivity index (χ1v) is 12.4. The summed E-state index contributed by atoms with van der Waals surface area (Å²) in [6.07, 6.45) is 2.39. The third kappa shape index (κ3) is 3.68. The van der Waals surface area contributed by atoms with Crippen LogP contribution in [-0.4, -0.2) is 57.7 Å². The summed E-state index contributed by atoms with van der Waals surface area (Å²) in [6, 6.07) is 4.78. The fraction of sp³-hybridized carbons (Fsp3) is 0.240. The van der Waals surface area contributed by atoms with Gasteiger partial charge in [-0.15, -0.1) is 0 Å². The van der Waals surface area contributed by atoms with Crippen molar-refractivity contribution in [1.29, 1.82) is 0 Å². The molecule has 0 bridgehead atoms. The highest BCUT2D eigenvalue weighted by molar-refractivity contribution is 9.10. The Bertz CT molecular complexity index is 1690. The number of imide groups is 1. The van der Waals surface area contributed by atoms with Crippen LogP contribution in [0.3, 0.4) is 0 Å². The van der Waals surface area contributed by atoms with Crippen LogP contribution in [0.1, 0.15) is 12.8 Å². The molecule has 2 fully saturated rings. The van der Waals surface area contributed by atoms with E-state index < -0.39 is 29.1 Å². The molecule has 4 heterocycles. The van der Waals surface area contributed by atoms with Gasteiger partial charge in [0.25, 0.3) is 5.91 Å². The van der Waals surface area contributed by atoms with E-state index in [-0.39, 0.29) is 50.8 Å². The number of piperidine rings is 1. The Hall–Kier alpha value is -4.13. The van der Waals surface area contributed by atoms with E-state index in [0.717, 1.165) is 0 Å². The second-order valence-electron chi connectivity index (χ2n) is 9.19. The number of methoxy groups -OCH3 is 1. The highest BCUT2D eigenvalue weighted by atomic mass is 79.9. The predicted molar refractivity (Wildman–Crippen MR) is 137 cm³/mol. The SMILES string of the molecule is COc1nc(N2CCCC3(C2)NC(=O)NC3=O)c2cnc(-c3cc(O)cc4ccc(F)c(Br)c34)c(F)c2n1. The van der Waals surface area contributed by atoms with Crippen molar-refractivity contribution in [1.82, 2.24) is 25.6 Å². The molecule has 0 aliphatic carbocycles. The molecule has 3 N–H and O–H groups in total. The lowest BCUT2D eigenvalue weighted by Crippen LogP contribution is -2.58. The maximum absolute atomic E-state index is 16.2. The second kappa shape index (κ2) is 8.72. The molecule has 10 nitrogen and oxygen atoms in total. The number of phenols is 1. The van der Waals surface area contributed by atoms with Gasteiger partial charge >= 0.3 is 12.0 Å². The van der Waals surface area contributed by atoms with Gasteiger partial charge in [0.2, 0.25) is 0 Å². The molecule has 6 rings (SSSR count). The summed E-state index contributed by atoms with van der Waals surface area (Å²) >= 11 is 3.23. The number of benzene rings is 2. The lowest BCUT2D eigenvalue weighted by molar-refractivity contribution is -0.124. The molecular weight excluding hydrogens is 566 g/mol. The highest BCUT2D eigenvalue weighted by Gasteiger charge is 2.49. The summed E-state index contributed by atoms with van der Waals surface area (Å²) in [5.41, 5.74) is -1.25. The number of hydrogen-bond donors (Lipinski definition) is 3. The van der Waals surface area contributed by atoms with Crippen molar-refractivity contribution in [3.05, 3.63) is 46.6 Å². The normalized spacial score (nSPS) is 19.3. The van der Waals surface area contributed by atoms with Crippen LogP contribution in [0.4, 0.5) is 19.4 Å². The zero-order valence-electron chi connectivity index (χ0n) is 19.8. The van der Waals surface area contributed by atoms with Gasteiger partial charge in [0, 0.05) is 23.7 Å². The number of hydrogen-bond acceptors (Lipinski definition) is 8. The van der Waals surface area contributed by atoms with E-state index in [9.17, 15) is 19.1 Å². The summed E-state index contributed by atoms with van der Waals surface area (Å²) in [4.78, 5) is 39.2. The van der Waals surface area contributed by atoms with E-state index in [1.807, 2.05) is 0 Å². The summed E-state index contributed by atoms with van der Waals surface area (Å²) in [7, 11) is 1.34. The largest absolute Gasteiger partial charge is 0.508 e. The lowest BCUT2D eigenvalue weighted by atomic mass is 9.89. The third-order valence-corrected chi connectivity index (χ3v) is 7.65. The number of carbonyl (C=O) groups is 2. The molecular formula is C25H19BrF2N6O4. The number of phenolic OH excluding ortho intramolecular Hbond substituents is 1. The molecule has 13 heteroatoms. The summed E-state index contributed by atoms with van der Waals surface area (Å²) in [5, 5.41) is 16.3. The van der Waals surface area contributed by atoms with E-state index in [1.54, 1.807) is 4.90 Å². The van der Waals surface area contributed by atoms with Gasteiger partial charge in [-0.1, -0.05) is 6.07 Å². The van der Waals surface area contributed by atoms with Gasteiger partial charge in [-0.3, -0.25) is 15.1 Å². The third-order valence-electron chi connectivity index (χ3n) is 6.88. The number of urea groups is 1. The van der Waals surface area contributed by atoms with Gasteiger partial charge in [0.05, 0.1) is 23.5 Å². The topological polar surface area (TPSA) is 130 Å². The smallest absolute Gasteiger partial charge is 0.322 e. The minimum Gasteiger partial charge on any atom is -0.508 e. The van der Waals surface area contributed by atoms with Crippen LogP contribution in [0.5, 0.6) is 11.8 Å². The maximum Gasteiger partial charge on any atom is 0.322 e. The van der Waals surface area contributed by atoms with Gasteiger partial charge in [0.1, 0.15) is 34.1 Å². The van der Waals surface area contributed by atoms with Crippen LogP contribution in [0, 0.1) is 11.6 Å². The Morgan fingerprint density at radius 2 is 2.03 bits per heavy atom. The number of aromatic nitrogens is 3. The van der Waals surface area contributed by atoms with E-state index in [0.29, 0.717) is 30.2 Å². The average Bonchev–Trinajstić information content (AvgIpc) is 3.16. The van der Waals surface area contributed by atoms with E-state index in [1.165, 1.54) is 37.6 Å². The molecule has 1 spiro atoms. The summed E-state index contributed by atoms with van der Waals surface area (Å²) in [5.74, 6) is -1.68. The minimum atomic E-state index is -1.14. The van der Waals surface area contributed by atoms with E-state index >= 15 is 4.39 Å². The fourth-order valence-electron chi connectivity index (χ4n) is 5.16. The molecule has 1 atom stereocenters. The number of nitrogens with zero attached hydrogens (tertiary/aromatic N) is 4. The van der Waals surface area contributed by atoms with Gasteiger partial charge in [-0.05, 0) is 52.4 Å². The molecule has 2 saturated heterocycles. The van der Waals surface area contributed by atoms with Crippen molar-refractivity contribution in [2.75, 3.05) is 25.1 Å². The molecule has 2 aliphatic heterocycles. The number of fused-ring (bicyclic) bond motifs is 2. The molecule has 3 amide bonds. The number of nitrogens with one attached hydrogen (secondary N) is 2. The maximum atomic E-state index is 16.2. The molecule has 4 aromatic rings. The van der Waals surface area contributed by atoms with Crippen molar-refractivity contribution in [2.24, 2.45) is 0 Å². The number of pyridine rings is 1. The number of amides is 3. The fourth-order valence-corrected chi connectivity index (χ4v) is 5.74. The Kier molecular flexibility index (Phi) is 5.56. The molecule has 194 valence electrons. The van der Waals surface area contributed by atoms with Gasteiger partial charge in [0.15, 0.2) is 5.82 Å². The zero-order valence-corrected chi connectivity index (χ0v) is 21.4. The Balaban J connectivity index is 1.54. The zero-order chi connectivity index (χ0) is 26.8. The number of aromatic hydroxyl groups is 1. The first-order valence-electron chi connectivity index (χ1n) is 11.6. The van der Waals surface area contributed by atoms with E-state index in [2.05, 4.69) is 41.5 Å². The highest BCUT2D eigenvalue weighted by Crippen LogP contribution is 2.40. The quantitative estimate of drug-likeness (QED) is 0.310. The van der Waals surface area contributed by atoms with Crippen molar-refractivity contribution in [3.8, 4) is 23.0 Å². The number of anilines is 1. The van der Waals surface area contributed by atoms with Gasteiger partial charge < -0.3 is 20.1 Å². The van der Waals surface area contributed by atoms with Crippen molar-refractivity contribution in [3.63, 3.8) is 0 Å². The van der Waals surface area contributed by atoms with Crippen LogP contribution in [-0.2, 0) is 4.79 Å². The Morgan fingerprint density at radius 1 is 1.21 bits per heavy atom. The summed E-state index contributed by atoms with van der Waals surface area (Å²) < 4.78 is 35.9. The molecule has 2 aromatic heterocycles. The van der Waals surface area contributed by atoms with Gasteiger partial charge in [-0.25, -0.2) is 13.6 Å².